The topological polar surface area (TPSA) is 63.4 Å². The molecule has 0 aliphatic carbocycles. The van der Waals surface area contributed by atoms with E-state index in [0.717, 1.165) is 16.5 Å². The molecule has 4 nitrogen and oxygen atoms in total. The second kappa shape index (κ2) is 10.7. The van der Waals surface area contributed by atoms with Gasteiger partial charge in [0.15, 0.2) is 0 Å². The molecule has 1 aromatic rings. The van der Waals surface area contributed by atoms with Crippen LogP contribution in [0.3, 0.4) is 0 Å². The van der Waals surface area contributed by atoms with Crippen molar-refractivity contribution < 1.29 is 30.8 Å². The number of ketones is 2. The molecule has 1 rings (SSSR count). The van der Waals surface area contributed by atoms with E-state index >= 15 is 0 Å². The van der Waals surface area contributed by atoms with Gasteiger partial charge in [0.05, 0.1) is 0 Å². The Hall–Kier alpha value is -1.05. The van der Waals surface area contributed by atoms with Gasteiger partial charge in [-0.15, -0.1) is 0 Å². The van der Waals surface area contributed by atoms with E-state index in [0.29, 0.717) is 25.1 Å². The van der Waals surface area contributed by atoms with Gasteiger partial charge in [0, 0.05) is 0 Å². The Balaban J connectivity index is 2.45. The molecule has 0 aliphatic rings. The van der Waals surface area contributed by atoms with Crippen LogP contribution in [-0.2, 0) is 16.0 Å². The summed E-state index contributed by atoms with van der Waals surface area (Å²) >= 11 is -0.194. The van der Waals surface area contributed by atoms with E-state index < -0.39 is 0 Å². The molecular weight excluding hydrogens is 415 g/mol. The zero-order valence-corrected chi connectivity index (χ0v) is 17.0. The number of rotatable bonds is 11. The predicted molar refractivity (Wildman–Crippen MR) is 94.3 cm³/mol. The van der Waals surface area contributed by atoms with Crippen LogP contribution in [0.1, 0.15) is 19.4 Å². The fourth-order valence-electron chi connectivity index (χ4n) is 2.04. The number of allylic oxidation sites excluding steroid dienone is 1. The molecule has 0 spiro atoms. The van der Waals surface area contributed by atoms with Crippen molar-refractivity contribution in [3.63, 3.8) is 0 Å². The second-order valence-corrected chi connectivity index (χ2v) is 9.08. The molecule has 0 radical (unpaired) electrons. The molecule has 1 atom stereocenters. The van der Waals surface area contributed by atoms with Crippen LogP contribution >= 0.6 is 0 Å². The van der Waals surface area contributed by atoms with Crippen LogP contribution in [0, 0.1) is 9.49 Å². The molecule has 1 aromatic carbocycles. The number of nitrogens with two attached hydrogens (primary N) is 1. The Bertz CT molecular complexity index is 569. The van der Waals surface area contributed by atoms with Crippen LogP contribution in [0.2, 0.25) is 0 Å². The molecule has 1 unspecified atom stereocenters. The quantitative estimate of drug-likeness (QED) is 0.263. The summed E-state index contributed by atoms with van der Waals surface area (Å²) in [5, 5.41) is 0. The first kappa shape index (κ1) is 21.0. The summed E-state index contributed by atoms with van der Waals surface area (Å²) in [4.78, 5) is 25.8. The average Bonchev–Trinajstić information content (AvgIpc) is 2.53. The number of alkyl halides is 1. The van der Waals surface area contributed by atoms with Crippen LogP contribution in [0.4, 0.5) is 0 Å². The maximum atomic E-state index is 12.2. The molecule has 0 fully saturated rings. The molecule has 0 aliphatic heterocycles. The minimum atomic E-state index is -0.194. The number of hydrogen-bond acceptors (Lipinski definition) is 4. The van der Waals surface area contributed by atoms with Crippen molar-refractivity contribution in [2.75, 3.05) is 31.1 Å². The Labute approximate surface area is 155 Å². The average molecular weight is 443 g/mol. The van der Waals surface area contributed by atoms with Gasteiger partial charge in [0.1, 0.15) is 0 Å². The van der Waals surface area contributed by atoms with Crippen molar-refractivity contribution in [3.8, 4) is 0 Å². The van der Waals surface area contributed by atoms with Gasteiger partial charge in [-0.2, -0.15) is 0 Å². The molecule has 0 amide bonds. The molecule has 5 heteroatoms. The number of likely N-dealkylation sites (N-methyl/N-ethyl adjacent to an activating group) is 1. The number of carbonyl (C=O) groups excluding carboxylic acids is 2. The fraction of sp³-hybridized carbons (Fsp3) is 0.474. The summed E-state index contributed by atoms with van der Waals surface area (Å²) in [6, 6.07) is 8.20. The van der Waals surface area contributed by atoms with E-state index in [1.807, 2.05) is 31.0 Å². The Morgan fingerprint density at radius 3 is 2.46 bits per heavy atom. The van der Waals surface area contributed by atoms with E-state index in [4.69, 9.17) is 5.73 Å². The van der Waals surface area contributed by atoms with Gasteiger partial charge in [-0.05, 0) is 0 Å². The monoisotopic (exact) mass is 443 g/mol. The summed E-state index contributed by atoms with van der Waals surface area (Å²) in [5.41, 5.74) is 7.11. The molecule has 0 saturated carbocycles. The Kier molecular flexibility index (Phi) is 9.39. The van der Waals surface area contributed by atoms with Crippen molar-refractivity contribution in [2.24, 2.45) is 11.7 Å². The van der Waals surface area contributed by atoms with E-state index in [-0.39, 0.29) is 38.7 Å². The summed E-state index contributed by atoms with van der Waals surface area (Å²) in [7, 11) is 1.93. The molecule has 134 valence electrons. The zero-order chi connectivity index (χ0) is 18.1. The second-order valence-electron chi connectivity index (χ2n) is 6.19. The van der Waals surface area contributed by atoms with Gasteiger partial charge in [-0.25, -0.2) is 0 Å². The van der Waals surface area contributed by atoms with Crippen LogP contribution in [0.25, 0.3) is 0 Å². The van der Waals surface area contributed by atoms with Gasteiger partial charge in [0.2, 0.25) is 0 Å². The molecule has 0 heterocycles. The maximum absolute atomic E-state index is 12.2. The van der Waals surface area contributed by atoms with Crippen molar-refractivity contribution in [3.05, 3.63) is 45.6 Å². The number of carbonyl (C=O) groups is 2. The van der Waals surface area contributed by atoms with Crippen LogP contribution < -0.4 is 26.9 Å². The third-order valence-electron chi connectivity index (χ3n) is 3.70. The predicted octanol–water partition coefficient (Wildman–Crippen LogP) is -1.27. The number of hydrogen-bond donors (Lipinski definition) is 1. The van der Waals surface area contributed by atoms with E-state index in [1.54, 1.807) is 6.92 Å². The van der Waals surface area contributed by atoms with E-state index in [2.05, 4.69) is 18.7 Å². The van der Waals surface area contributed by atoms with Crippen molar-refractivity contribution in [1.29, 1.82) is 0 Å². The van der Waals surface area contributed by atoms with Gasteiger partial charge in [-0.3, -0.25) is 0 Å². The van der Waals surface area contributed by atoms with Crippen molar-refractivity contribution in [1.82, 2.24) is 4.90 Å². The number of benzene rings is 1. The van der Waals surface area contributed by atoms with Gasteiger partial charge in [-0.1, -0.05) is 0 Å². The van der Waals surface area contributed by atoms with Crippen LogP contribution in [0.5, 0.6) is 0 Å². The minimum absolute atomic E-state index is 0.0817. The summed E-state index contributed by atoms with van der Waals surface area (Å²) < 4.78 is 2.24. The number of halogens is 1. The van der Waals surface area contributed by atoms with Crippen LogP contribution in [-0.4, -0.2) is 47.6 Å². The molecule has 2 N–H and O–H groups in total. The Morgan fingerprint density at radius 1 is 1.29 bits per heavy atom. The van der Waals surface area contributed by atoms with Gasteiger partial charge in [0.25, 0.3) is 0 Å². The summed E-state index contributed by atoms with van der Waals surface area (Å²) in [6.07, 6.45) is 0.413. The third kappa shape index (κ3) is 7.68. The molecule has 0 saturated heterocycles. The van der Waals surface area contributed by atoms with E-state index in [1.165, 1.54) is 3.57 Å². The molecule has 24 heavy (non-hydrogen) atoms. The molecule has 0 aromatic heterocycles. The summed E-state index contributed by atoms with van der Waals surface area (Å²) in [5.74, 6) is 0.454. The first-order chi connectivity index (χ1) is 11.3. The standard InChI is InChI=1S/C19H28IN2O2/c1-14(2)18(23)11-16-5-7-17(8-6-16)20-12-15(3)19(24)13-22(4)10-9-21/h5-8,15H,1,9-13,21H2,2-4H3/q-1. The normalized spacial score (nSPS) is 12.4. The first-order valence-electron chi connectivity index (χ1n) is 8.11. The Morgan fingerprint density at radius 2 is 1.92 bits per heavy atom. The number of Topliss-reactive ketones (excluding diaryl/α,β-unsaturated/α-hetero) is 2. The SMILES string of the molecule is C=C(C)C(=O)Cc1ccc([I-]CC(C)C(=O)CN(C)CCN)cc1. The fourth-order valence-corrected chi connectivity index (χ4v) is 4.57. The molecule has 0 bridgehead atoms. The number of nitrogens with zero attached hydrogens (tertiary/aromatic N) is 1. The van der Waals surface area contributed by atoms with E-state index in [9.17, 15) is 9.59 Å². The zero-order valence-electron chi connectivity index (χ0n) is 14.8. The van der Waals surface area contributed by atoms with Crippen LogP contribution in [0.15, 0.2) is 36.4 Å². The molecular formula is C19H28IN2O2-. The first-order valence-corrected chi connectivity index (χ1v) is 10.7. The van der Waals surface area contributed by atoms with Gasteiger partial charge >= 0.3 is 156 Å². The van der Waals surface area contributed by atoms with Gasteiger partial charge < -0.3 is 0 Å². The summed E-state index contributed by atoms with van der Waals surface area (Å²) in [6.45, 7) is 9.23. The third-order valence-corrected chi connectivity index (χ3v) is 7.06. The van der Waals surface area contributed by atoms with Crippen molar-refractivity contribution in [2.45, 2.75) is 20.3 Å². The van der Waals surface area contributed by atoms with Crippen molar-refractivity contribution >= 4 is 11.6 Å².